The van der Waals surface area contributed by atoms with E-state index >= 15 is 0 Å². The van der Waals surface area contributed by atoms with Gasteiger partial charge in [-0.3, -0.25) is 0 Å². The Bertz CT molecular complexity index is 258. The van der Waals surface area contributed by atoms with Crippen LogP contribution in [0.15, 0.2) is 34.1 Å². The summed E-state index contributed by atoms with van der Waals surface area (Å²) in [6.45, 7) is 4.52. The molecule has 0 N–H and O–H groups in total. The van der Waals surface area contributed by atoms with E-state index in [4.69, 9.17) is 0 Å². The van der Waals surface area contributed by atoms with Crippen molar-refractivity contribution in [3.63, 3.8) is 0 Å². The van der Waals surface area contributed by atoms with Crippen LogP contribution in [0.1, 0.15) is 13.8 Å². The second-order valence-corrected chi connectivity index (χ2v) is 4.21. The third-order valence-corrected chi connectivity index (χ3v) is 3.53. The molecule has 2 unspecified atom stereocenters. The monoisotopic (exact) mass is 164 g/mol. The van der Waals surface area contributed by atoms with Gasteiger partial charge >= 0.3 is 0 Å². The Morgan fingerprint density at radius 2 is 2.27 bits per heavy atom. The second-order valence-electron chi connectivity index (χ2n) is 3.27. The topological polar surface area (TPSA) is 0 Å². The number of hydrogen-bond donors (Lipinski definition) is 0. The van der Waals surface area contributed by atoms with E-state index in [-0.39, 0.29) is 0 Å². The summed E-state index contributed by atoms with van der Waals surface area (Å²) < 4.78 is 0. The van der Waals surface area contributed by atoms with Gasteiger partial charge in [-0.2, -0.15) is 0 Å². The average Bonchev–Trinajstić information content (AvgIpc) is 2.34. The summed E-state index contributed by atoms with van der Waals surface area (Å²) >= 11 is 1.89. The Labute approximate surface area is 72.1 Å². The second kappa shape index (κ2) is 2.56. The summed E-state index contributed by atoms with van der Waals surface area (Å²) in [6.07, 6.45) is 6.70. The van der Waals surface area contributed by atoms with Crippen molar-refractivity contribution >= 4 is 11.8 Å². The van der Waals surface area contributed by atoms with Crippen molar-refractivity contribution in [1.29, 1.82) is 0 Å². The first kappa shape index (κ1) is 7.23. The Morgan fingerprint density at radius 3 is 3.00 bits per heavy atom. The molecule has 58 valence electrons. The molecule has 0 saturated heterocycles. The van der Waals surface area contributed by atoms with E-state index in [1.165, 1.54) is 10.5 Å². The number of thioether (sulfide) groups is 1. The minimum Gasteiger partial charge on any atom is -0.102 e. The van der Waals surface area contributed by atoms with Crippen molar-refractivity contribution in [1.82, 2.24) is 0 Å². The van der Waals surface area contributed by atoms with Gasteiger partial charge in [0.2, 0.25) is 0 Å². The first-order chi connectivity index (χ1) is 5.29. The van der Waals surface area contributed by atoms with Crippen molar-refractivity contribution in [2.24, 2.45) is 11.8 Å². The number of hydrogen-bond acceptors (Lipinski definition) is 1. The molecule has 0 nitrogen and oxygen atoms in total. The van der Waals surface area contributed by atoms with Crippen LogP contribution in [0.3, 0.4) is 0 Å². The van der Waals surface area contributed by atoms with Gasteiger partial charge in [-0.05, 0) is 23.2 Å². The van der Waals surface area contributed by atoms with E-state index in [1.54, 1.807) is 0 Å². The van der Waals surface area contributed by atoms with E-state index in [9.17, 15) is 0 Å². The molecule has 1 aliphatic heterocycles. The Kier molecular flexibility index (Phi) is 1.68. The molecule has 2 aliphatic rings. The summed E-state index contributed by atoms with van der Waals surface area (Å²) in [7, 11) is 0. The highest BCUT2D eigenvalue weighted by atomic mass is 32.2. The Morgan fingerprint density at radius 1 is 1.45 bits per heavy atom. The van der Waals surface area contributed by atoms with Crippen LogP contribution < -0.4 is 0 Å². The van der Waals surface area contributed by atoms with Gasteiger partial charge in [-0.1, -0.05) is 30.7 Å². The first-order valence-electron chi connectivity index (χ1n) is 4.01. The van der Waals surface area contributed by atoms with E-state index in [2.05, 4.69) is 37.5 Å². The average molecular weight is 164 g/mol. The lowest BCUT2D eigenvalue weighted by atomic mass is 9.85. The summed E-state index contributed by atoms with van der Waals surface area (Å²) in [5, 5.41) is 2.28. The molecule has 11 heavy (non-hydrogen) atoms. The van der Waals surface area contributed by atoms with Gasteiger partial charge in [-0.15, -0.1) is 11.8 Å². The number of allylic oxidation sites excluding steroid dienone is 5. The van der Waals surface area contributed by atoms with Crippen molar-refractivity contribution in [2.45, 2.75) is 13.8 Å². The normalized spacial score (nSPS) is 34.7. The van der Waals surface area contributed by atoms with E-state index in [0.717, 1.165) is 0 Å². The number of fused-ring (bicyclic) bond motifs is 1. The van der Waals surface area contributed by atoms with Gasteiger partial charge in [0, 0.05) is 5.92 Å². The van der Waals surface area contributed by atoms with Gasteiger partial charge in [0.1, 0.15) is 0 Å². The molecule has 0 aromatic rings. The van der Waals surface area contributed by atoms with Gasteiger partial charge in [0.15, 0.2) is 0 Å². The largest absolute Gasteiger partial charge is 0.102 e. The summed E-state index contributed by atoms with van der Waals surface area (Å²) in [5.74, 6) is 1.39. The molecule has 0 saturated carbocycles. The van der Waals surface area contributed by atoms with Crippen molar-refractivity contribution < 1.29 is 0 Å². The quantitative estimate of drug-likeness (QED) is 0.529. The van der Waals surface area contributed by atoms with Crippen LogP contribution in [-0.2, 0) is 0 Å². The first-order valence-corrected chi connectivity index (χ1v) is 4.88. The van der Waals surface area contributed by atoms with E-state index in [0.29, 0.717) is 11.8 Å². The van der Waals surface area contributed by atoms with Crippen LogP contribution in [0.5, 0.6) is 0 Å². The van der Waals surface area contributed by atoms with Crippen LogP contribution in [0.4, 0.5) is 0 Å². The maximum atomic E-state index is 2.29. The predicted molar refractivity (Wildman–Crippen MR) is 51.2 cm³/mol. The molecule has 1 heteroatoms. The molecular formula is C10H12S. The van der Waals surface area contributed by atoms with Crippen LogP contribution in [0.25, 0.3) is 0 Å². The van der Waals surface area contributed by atoms with Gasteiger partial charge in [0.05, 0.1) is 0 Å². The highest BCUT2D eigenvalue weighted by molar-refractivity contribution is 8.06. The molecule has 1 heterocycles. The van der Waals surface area contributed by atoms with Crippen LogP contribution in [-0.4, -0.2) is 0 Å². The molecule has 0 spiro atoms. The lowest BCUT2D eigenvalue weighted by molar-refractivity contribution is 0.574. The standard InChI is InChI=1S/C10H12S/c1-7-4-3-5-9-10(7)8(2)6-11-9/h3-7,10H,1-2H3. The van der Waals surface area contributed by atoms with Crippen LogP contribution in [0, 0.1) is 11.8 Å². The van der Waals surface area contributed by atoms with Crippen molar-refractivity contribution in [3.05, 3.63) is 34.1 Å². The van der Waals surface area contributed by atoms with Crippen molar-refractivity contribution in [3.8, 4) is 0 Å². The zero-order valence-electron chi connectivity index (χ0n) is 6.87. The fourth-order valence-electron chi connectivity index (χ4n) is 1.79. The molecule has 0 bridgehead atoms. The molecule has 0 fully saturated rings. The summed E-state index contributed by atoms with van der Waals surface area (Å²) in [5.41, 5.74) is 1.53. The molecule has 2 rings (SSSR count). The minimum atomic E-state index is 0.696. The lowest BCUT2D eigenvalue weighted by Gasteiger charge is -2.21. The summed E-state index contributed by atoms with van der Waals surface area (Å²) in [4.78, 5) is 1.53. The molecule has 2 atom stereocenters. The Balaban J connectivity index is 2.34. The van der Waals surface area contributed by atoms with Gasteiger partial charge in [0.25, 0.3) is 0 Å². The Hall–Kier alpha value is -0.430. The van der Waals surface area contributed by atoms with Crippen molar-refractivity contribution in [2.75, 3.05) is 0 Å². The molecule has 0 aromatic carbocycles. The summed E-state index contributed by atoms with van der Waals surface area (Å²) in [6, 6.07) is 0. The molecule has 0 radical (unpaired) electrons. The lowest BCUT2D eigenvalue weighted by Crippen LogP contribution is -2.11. The van der Waals surface area contributed by atoms with Crippen LogP contribution in [0.2, 0.25) is 0 Å². The molecular weight excluding hydrogens is 152 g/mol. The smallest absolute Gasteiger partial charge is 0.0177 e. The van der Waals surface area contributed by atoms with Gasteiger partial charge in [-0.25, -0.2) is 0 Å². The third kappa shape index (κ3) is 1.08. The fourth-order valence-corrected chi connectivity index (χ4v) is 2.96. The third-order valence-electron chi connectivity index (χ3n) is 2.38. The SMILES string of the molecule is CC1=CSC2=CC=CC(C)C12. The van der Waals surface area contributed by atoms with E-state index in [1.807, 2.05) is 11.8 Å². The highest BCUT2D eigenvalue weighted by Crippen LogP contribution is 2.45. The number of rotatable bonds is 0. The maximum Gasteiger partial charge on any atom is 0.0177 e. The van der Waals surface area contributed by atoms with Crippen LogP contribution >= 0.6 is 11.8 Å². The molecule has 0 aromatic heterocycles. The molecule has 1 aliphatic carbocycles. The van der Waals surface area contributed by atoms with Gasteiger partial charge < -0.3 is 0 Å². The molecule has 0 amide bonds. The zero-order chi connectivity index (χ0) is 7.84. The zero-order valence-corrected chi connectivity index (χ0v) is 7.69. The fraction of sp³-hybridized carbons (Fsp3) is 0.400. The predicted octanol–water partition coefficient (Wildman–Crippen LogP) is 3.34. The highest BCUT2D eigenvalue weighted by Gasteiger charge is 2.27. The maximum absolute atomic E-state index is 2.29. The minimum absolute atomic E-state index is 0.696. The van der Waals surface area contributed by atoms with E-state index < -0.39 is 0 Å².